The molecule has 1 N–H and O–H groups in total. The number of rotatable bonds is 6. The summed E-state index contributed by atoms with van der Waals surface area (Å²) in [6.45, 7) is 4.40. The Bertz CT molecular complexity index is 770. The minimum atomic E-state index is -0.505. The van der Waals surface area contributed by atoms with Crippen LogP contribution in [0.25, 0.3) is 0 Å². The van der Waals surface area contributed by atoms with Crippen molar-refractivity contribution in [3.63, 3.8) is 0 Å². The third-order valence-electron chi connectivity index (χ3n) is 6.61. The first-order valence-corrected chi connectivity index (χ1v) is 10.7. The number of fused-ring (bicyclic) bond motifs is 1. The van der Waals surface area contributed by atoms with E-state index in [0.29, 0.717) is 5.56 Å². The van der Waals surface area contributed by atoms with E-state index in [0.717, 1.165) is 44.1 Å². The molecule has 2 amide bonds. The minimum absolute atomic E-state index is 0.0375. The number of nitrogens with zero attached hydrogens (tertiary/aromatic N) is 1. The number of carbonyl (C=O) groups is 3. The Morgan fingerprint density at radius 2 is 1.93 bits per heavy atom. The second-order valence-electron chi connectivity index (χ2n) is 8.23. The highest BCUT2D eigenvalue weighted by molar-refractivity contribution is 6.02. The number of methoxy groups -OCH3 is 1. The lowest BCUT2D eigenvalue weighted by molar-refractivity contribution is -0.140. The first-order valence-electron chi connectivity index (χ1n) is 10.7. The van der Waals surface area contributed by atoms with Gasteiger partial charge < -0.3 is 15.0 Å². The highest BCUT2D eigenvalue weighted by atomic mass is 16.5. The van der Waals surface area contributed by atoms with Gasteiger partial charge in [0.2, 0.25) is 5.91 Å². The van der Waals surface area contributed by atoms with Gasteiger partial charge in [0.05, 0.1) is 25.0 Å². The molecule has 0 aromatic heterocycles. The van der Waals surface area contributed by atoms with Gasteiger partial charge in [0, 0.05) is 18.2 Å². The summed E-state index contributed by atoms with van der Waals surface area (Å²) in [7, 11) is 1.34. The Balaban J connectivity index is 2.03. The SMILES string of the molecule is CC[C@@H](C)N1C(=O)c2ccccc2[C@H](C(=O)NCCC(=O)OC)C12CCCCC2. The Labute approximate surface area is 173 Å². The summed E-state index contributed by atoms with van der Waals surface area (Å²) in [4.78, 5) is 40.5. The third-order valence-corrected chi connectivity index (χ3v) is 6.61. The van der Waals surface area contributed by atoms with E-state index < -0.39 is 11.5 Å². The Kier molecular flexibility index (Phi) is 6.60. The normalized spacial score (nSPS) is 21.4. The highest BCUT2D eigenvalue weighted by Gasteiger charge is 2.55. The molecule has 1 spiro atoms. The van der Waals surface area contributed by atoms with Crippen LogP contribution in [0.1, 0.15) is 80.6 Å². The van der Waals surface area contributed by atoms with E-state index in [2.05, 4.69) is 23.9 Å². The zero-order valence-corrected chi connectivity index (χ0v) is 17.7. The number of amides is 2. The average molecular weight is 401 g/mol. The number of esters is 1. The number of nitrogens with one attached hydrogen (secondary N) is 1. The topological polar surface area (TPSA) is 75.7 Å². The molecule has 1 aliphatic carbocycles. The van der Waals surface area contributed by atoms with Crippen LogP contribution in [0.3, 0.4) is 0 Å². The summed E-state index contributed by atoms with van der Waals surface area (Å²) < 4.78 is 4.68. The van der Waals surface area contributed by atoms with Gasteiger partial charge in [0.1, 0.15) is 0 Å². The Hall–Kier alpha value is -2.37. The lowest BCUT2D eigenvalue weighted by atomic mass is 9.64. The van der Waals surface area contributed by atoms with Crippen LogP contribution in [0.2, 0.25) is 0 Å². The van der Waals surface area contributed by atoms with E-state index in [1.54, 1.807) is 0 Å². The number of carbonyl (C=O) groups excluding carboxylic acids is 3. The van der Waals surface area contributed by atoms with Crippen LogP contribution in [-0.2, 0) is 14.3 Å². The maximum absolute atomic E-state index is 13.5. The van der Waals surface area contributed by atoms with E-state index in [1.165, 1.54) is 7.11 Å². The zero-order chi connectivity index (χ0) is 21.0. The zero-order valence-electron chi connectivity index (χ0n) is 17.7. The molecular weight excluding hydrogens is 368 g/mol. The molecule has 1 aromatic rings. The van der Waals surface area contributed by atoms with Gasteiger partial charge in [-0.3, -0.25) is 14.4 Å². The van der Waals surface area contributed by atoms with Gasteiger partial charge in [-0.05, 0) is 37.8 Å². The van der Waals surface area contributed by atoms with Gasteiger partial charge in [0.25, 0.3) is 5.91 Å². The second kappa shape index (κ2) is 8.97. The summed E-state index contributed by atoms with van der Waals surface area (Å²) >= 11 is 0. The van der Waals surface area contributed by atoms with Crippen molar-refractivity contribution in [2.45, 2.75) is 76.3 Å². The maximum atomic E-state index is 13.5. The molecule has 158 valence electrons. The average Bonchev–Trinajstić information content (AvgIpc) is 2.74. The first-order chi connectivity index (χ1) is 14.0. The van der Waals surface area contributed by atoms with Crippen molar-refractivity contribution in [2.75, 3.05) is 13.7 Å². The molecule has 0 bridgehead atoms. The van der Waals surface area contributed by atoms with E-state index in [4.69, 9.17) is 0 Å². The molecule has 6 nitrogen and oxygen atoms in total. The largest absolute Gasteiger partial charge is 0.469 e. The van der Waals surface area contributed by atoms with Crippen molar-refractivity contribution in [3.05, 3.63) is 35.4 Å². The molecule has 0 saturated heterocycles. The van der Waals surface area contributed by atoms with Crippen LogP contribution in [0, 0.1) is 0 Å². The molecule has 29 heavy (non-hydrogen) atoms. The highest BCUT2D eigenvalue weighted by Crippen LogP contribution is 2.50. The van der Waals surface area contributed by atoms with Crippen LogP contribution >= 0.6 is 0 Å². The summed E-state index contributed by atoms with van der Waals surface area (Å²) in [6, 6.07) is 7.56. The molecule has 1 fully saturated rings. The molecular formula is C23H32N2O4. The fourth-order valence-electron chi connectivity index (χ4n) is 5.10. The number of benzene rings is 1. The Morgan fingerprint density at radius 3 is 2.59 bits per heavy atom. The lowest BCUT2D eigenvalue weighted by Gasteiger charge is -2.55. The minimum Gasteiger partial charge on any atom is -0.469 e. The summed E-state index contributed by atoms with van der Waals surface area (Å²) in [5, 5.41) is 2.94. The quantitative estimate of drug-likeness (QED) is 0.743. The molecule has 1 aliphatic heterocycles. The first kappa shape index (κ1) is 21.3. The van der Waals surface area contributed by atoms with Crippen LogP contribution in [-0.4, -0.2) is 47.9 Å². The van der Waals surface area contributed by atoms with Crippen molar-refractivity contribution in [1.29, 1.82) is 0 Å². The van der Waals surface area contributed by atoms with Crippen molar-refractivity contribution < 1.29 is 19.1 Å². The summed E-state index contributed by atoms with van der Waals surface area (Å²) in [5.74, 6) is -0.846. The number of ether oxygens (including phenoxy) is 1. The fourth-order valence-corrected chi connectivity index (χ4v) is 5.10. The third kappa shape index (κ3) is 3.89. The van der Waals surface area contributed by atoms with Gasteiger partial charge in [-0.2, -0.15) is 0 Å². The molecule has 2 aliphatic rings. The summed E-state index contributed by atoms with van der Waals surface area (Å²) in [6.07, 6.45) is 5.77. The second-order valence-corrected chi connectivity index (χ2v) is 8.23. The molecule has 2 atom stereocenters. The van der Waals surface area contributed by atoms with Crippen molar-refractivity contribution in [2.24, 2.45) is 0 Å². The molecule has 3 rings (SSSR count). The van der Waals surface area contributed by atoms with Crippen molar-refractivity contribution >= 4 is 17.8 Å². The lowest BCUT2D eigenvalue weighted by Crippen LogP contribution is -2.64. The van der Waals surface area contributed by atoms with Gasteiger partial charge in [-0.1, -0.05) is 44.4 Å². The van der Waals surface area contributed by atoms with E-state index in [-0.39, 0.29) is 36.8 Å². The molecule has 1 heterocycles. The molecule has 0 unspecified atom stereocenters. The number of hydrogen-bond acceptors (Lipinski definition) is 4. The summed E-state index contributed by atoms with van der Waals surface area (Å²) in [5.41, 5.74) is 0.931. The van der Waals surface area contributed by atoms with Crippen molar-refractivity contribution in [3.8, 4) is 0 Å². The van der Waals surface area contributed by atoms with Crippen LogP contribution in [0.15, 0.2) is 24.3 Å². The molecule has 1 saturated carbocycles. The van der Waals surface area contributed by atoms with Crippen LogP contribution < -0.4 is 5.32 Å². The van der Waals surface area contributed by atoms with Crippen molar-refractivity contribution in [1.82, 2.24) is 10.2 Å². The van der Waals surface area contributed by atoms with Crippen LogP contribution in [0.5, 0.6) is 0 Å². The maximum Gasteiger partial charge on any atom is 0.307 e. The van der Waals surface area contributed by atoms with Crippen LogP contribution in [0.4, 0.5) is 0 Å². The predicted octanol–water partition coefficient (Wildman–Crippen LogP) is 3.41. The predicted molar refractivity (Wildman–Crippen MR) is 111 cm³/mol. The van der Waals surface area contributed by atoms with Gasteiger partial charge in [-0.15, -0.1) is 0 Å². The van der Waals surface area contributed by atoms with Gasteiger partial charge >= 0.3 is 5.97 Å². The standard InChI is InChI=1S/C23H32N2O4/c1-4-16(2)25-22(28)18-11-7-6-10-17(18)20(23(25)13-8-5-9-14-23)21(27)24-15-12-19(26)29-3/h6-7,10-11,16,20H,4-5,8-9,12-15H2,1-3H3,(H,24,27)/t16-,20-/m1/s1. The van der Waals surface area contributed by atoms with Gasteiger partial charge in [-0.25, -0.2) is 0 Å². The van der Waals surface area contributed by atoms with E-state index in [9.17, 15) is 14.4 Å². The molecule has 0 radical (unpaired) electrons. The Morgan fingerprint density at radius 1 is 1.24 bits per heavy atom. The van der Waals surface area contributed by atoms with E-state index >= 15 is 0 Å². The molecule has 1 aromatic carbocycles. The molecule has 6 heteroatoms. The fraction of sp³-hybridized carbons (Fsp3) is 0.609. The number of hydrogen-bond donors (Lipinski definition) is 1. The van der Waals surface area contributed by atoms with E-state index in [1.807, 2.05) is 29.2 Å². The smallest absolute Gasteiger partial charge is 0.307 e. The monoisotopic (exact) mass is 400 g/mol. The van der Waals surface area contributed by atoms with Gasteiger partial charge in [0.15, 0.2) is 0 Å².